The first-order valence-corrected chi connectivity index (χ1v) is 19.0. The summed E-state index contributed by atoms with van der Waals surface area (Å²) < 4.78 is 0. The van der Waals surface area contributed by atoms with Crippen LogP contribution in [0.25, 0.3) is 11.1 Å². The smallest absolute Gasteiger partial charge is 0.274 e. The minimum absolute atomic E-state index is 0.207. The maximum Gasteiger partial charge on any atom is 0.274 e. The van der Waals surface area contributed by atoms with Crippen molar-refractivity contribution in [3.8, 4) is 11.1 Å². The van der Waals surface area contributed by atoms with Crippen LogP contribution in [-0.4, -0.2) is 57.0 Å². The zero-order valence-corrected chi connectivity index (χ0v) is 31.0. The number of pyridine rings is 2. The van der Waals surface area contributed by atoms with Crippen molar-refractivity contribution >= 4 is 23.2 Å². The Morgan fingerprint density at radius 1 is 0.769 bits per heavy atom. The molecule has 2 saturated carbocycles. The van der Waals surface area contributed by atoms with Gasteiger partial charge in [-0.15, -0.1) is 0 Å². The summed E-state index contributed by atoms with van der Waals surface area (Å²) in [4.78, 5) is 38.9. The van der Waals surface area contributed by atoms with Crippen LogP contribution in [0.5, 0.6) is 0 Å². The molecule has 0 radical (unpaired) electrons. The van der Waals surface area contributed by atoms with Crippen molar-refractivity contribution in [1.82, 2.24) is 20.2 Å². The number of carbonyl (C=O) groups is 2. The average molecular weight is 701 g/mol. The SMILES string of the molecule is Cc1c(NC(=O)c2cc(C3CC3)c(CNCC(C)(C)O)cn2)cccc1-c1cccc(NC(=O)c2cc(C3CC3)c(CN3CCCCC3)cn2)c1C. The highest BCUT2D eigenvalue weighted by atomic mass is 16.3. The molecule has 1 saturated heterocycles. The largest absolute Gasteiger partial charge is 0.389 e. The van der Waals surface area contributed by atoms with Gasteiger partial charge in [0, 0.05) is 43.4 Å². The van der Waals surface area contributed by atoms with Gasteiger partial charge in [-0.2, -0.15) is 0 Å². The predicted molar refractivity (Wildman–Crippen MR) is 207 cm³/mol. The van der Waals surface area contributed by atoms with Crippen molar-refractivity contribution in [2.24, 2.45) is 0 Å². The Morgan fingerprint density at radius 2 is 1.27 bits per heavy atom. The van der Waals surface area contributed by atoms with Crippen LogP contribution >= 0.6 is 0 Å². The number of likely N-dealkylation sites (tertiary alicyclic amines) is 1. The molecule has 3 fully saturated rings. The Bertz CT molecular complexity index is 1950. The molecule has 2 amide bonds. The zero-order chi connectivity index (χ0) is 36.4. The molecule has 2 aromatic heterocycles. The molecular weight excluding hydrogens is 649 g/mol. The molecule has 9 nitrogen and oxygen atoms in total. The molecule has 0 atom stereocenters. The van der Waals surface area contributed by atoms with E-state index < -0.39 is 5.60 Å². The summed E-state index contributed by atoms with van der Waals surface area (Å²) in [5.41, 5.74) is 10.0. The van der Waals surface area contributed by atoms with Crippen LogP contribution < -0.4 is 16.0 Å². The van der Waals surface area contributed by atoms with Gasteiger partial charge in [-0.3, -0.25) is 24.5 Å². The molecule has 0 bridgehead atoms. The second kappa shape index (κ2) is 15.3. The van der Waals surface area contributed by atoms with E-state index in [2.05, 4.69) is 30.8 Å². The summed E-state index contributed by atoms with van der Waals surface area (Å²) in [7, 11) is 0. The van der Waals surface area contributed by atoms with E-state index in [1.165, 1.54) is 43.2 Å². The minimum atomic E-state index is -0.802. The second-order valence-electron chi connectivity index (χ2n) is 15.7. The number of carbonyl (C=O) groups excluding carboxylic acids is 2. The fourth-order valence-corrected chi connectivity index (χ4v) is 7.44. The van der Waals surface area contributed by atoms with Gasteiger partial charge in [0.25, 0.3) is 11.8 Å². The summed E-state index contributed by atoms with van der Waals surface area (Å²) in [5, 5.41) is 19.7. The van der Waals surface area contributed by atoms with Crippen LogP contribution in [0.4, 0.5) is 11.4 Å². The number of benzene rings is 2. The Kier molecular flexibility index (Phi) is 10.6. The van der Waals surface area contributed by atoms with E-state index in [1.54, 1.807) is 20.0 Å². The van der Waals surface area contributed by atoms with Gasteiger partial charge in [0.2, 0.25) is 0 Å². The molecule has 2 aliphatic carbocycles. The van der Waals surface area contributed by atoms with Gasteiger partial charge in [-0.05, 0) is 160 Å². The maximum absolute atomic E-state index is 13.6. The third-order valence-corrected chi connectivity index (χ3v) is 10.7. The van der Waals surface area contributed by atoms with Gasteiger partial charge >= 0.3 is 0 Å². The van der Waals surface area contributed by atoms with E-state index in [1.807, 2.05) is 68.6 Å². The third kappa shape index (κ3) is 8.60. The number of nitrogens with zero attached hydrogens (tertiary/aromatic N) is 3. The van der Waals surface area contributed by atoms with E-state index in [4.69, 9.17) is 0 Å². The number of hydrogen-bond donors (Lipinski definition) is 4. The van der Waals surface area contributed by atoms with E-state index in [0.717, 1.165) is 71.5 Å². The van der Waals surface area contributed by atoms with Gasteiger partial charge in [0.1, 0.15) is 11.4 Å². The number of hydrogen-bond acceptors (Lipinski definition) is 7. The van der Waals surface area contributed by atoms with Gasteiger partial charge in [0.15, 0.2) is 0 Å². The molecule has 4 aromatic rings. The first-order valence-electron chi connectivity index (χ1n) is 19.0. The summed E-state index contributed by atoms with van der Waals surface area (Å²) >= 11 is 0. The molecule has 52 heavy (non-hydrogen) atoms. The maximum atomic E-state index is 13.6. The molecule has 7 rings (SSSR count). The highest BCUT2D eigenvalue weighted by Gasteiger charge is 2.29. The summed E-state index contributed by atoms with van der Waals surface area (Å²) in [6.07, 6.45) is 12.1. The van der Waals surface area contributed by atoms with E-state index in [-0.39, 0.29) is 11.8 Å². The van der Waals surface area contributed by atoms with Gasteiger partial charge in [0.05, 0.1) is 5.60 Å². The lowest BCUT2D eigenvalue weighted by Gasteiger charge is -2.27. The number of piperidine rings is 1. The molecular formula is C43H52N6O3. The first-order chi connectivity index (χ1) is 25.0. The number of amides is 2. The second-order valence-corrected chi connectivity index (χ2v) is 15.7. The van der Waals surface area contributed by atoms with Gasteiger partial charge in [-0.1, -0.05) is 30.7 Å². The molecule has 4 N–H and O–H groups in total. The van der Waals surface area contributed by atoms with Crippen LogP contribution in [0.2, 0.25) is 0 Å². The molecule has 9 heteroatoms. The van der Waals surface area contributed by atoms with Gasteiger partial charge < -0.3 is 21.1 Å². The lowest BCUT2D eigenvalue weighted by Crippen LogP contribution is -2.34. The molecule has 2 aromatic carbocycles. The van der Waals surface area contributed by atoms with Crippen LogP contribution in [0.3, 0.4) is 0 Å². The number of aliphatic hydroxyl groups is 1. The molecule has 1 aliphatic heterocycles. The highest BCUT2D eigenvalue weighted by molar-refractivity contribution is 6.05. The third-order valence-electron chi connectivity index (χ3n) is 10.7. The first kappa shape index (κ1) is 35.9. The Labute approximate surface area is 307 Å². The zero-order valence-electron chi connectivity index (χ0n) is 31.0. The average Bonchev–Trinajstić information content (AvgIpc) is 4.05. The fourth-order valence-electron chi connectivity index (χ4n) is 7.44. The van der Waals surface area contributed by atoms with Crippen LogP contribution in [0.1, 0.15) is 125 Å². The molecule has 272 valence electrons. The topological polar surface area (TPSA) is 119 Å². The van der Waals surface area contributed by atoms with E-state index in [0.29, 0.717) is 42.0 Å². The van der Waals surface area contributed by atoms with Crippen molar-refractivity contribution in [2.45, 2.75) is 103 Å². The number of aromatic nitrogens is 2. The molecule has 0 spiro atoms. The predicted octanol–water partition coefficient (Wildman–Crippen LogP) is 7.87. The van der Waals surface area contributed by atoms with Crippen molar-refractivity contribution in [3.05, 3.63) is 106 Å². The van der Waals surface area contributed by atoms with E-state index in [9.17, 15) is 14.7 Å². The Hall–Kier alpha value is -4.44. The lowest BCUT2D eigenvalue weighted by atomic mass is 9.94. The van der Waals surface area contributed by atoms with Crippen molar-refractivity contribution in [3.63, 3.8) is 0 Å². The van der Waals surface area contributed by atoms with Crippen LogP contribution in [-0.2, 0) is 13.1 Å². The van der Waals surface area contributed by atoms with Crippen molar-refractivity contribution in [1.29, 1.82) is 0 Å². The number of nitrogens with one attached hydrogen (secondary N) is 3. The number of anilines is 2. The monoisotopic (exact) mass is 700 g/mol. The van der Waals surface area contributed by atoms with Crippen molar-refractivity contribution in [2.75, 3.05) is 30.3 Å². The van der Waals surface area contributed by atoms with E-state index >= 15 is 0 Å². The van der Waals surface area contributed by atoms with Crippen LogP contribution in [0, 0.1) is 13.8 Å². The van der Waals surface area contributed by atoms with Crippen LogP contribution in [0.15, 0.2) is 60.9 Å². The molecule has 3 heterocycles. The molecule has 3 aliphatic rings. The Balaban J connectivity index is 1.06. The summed E-state index contributed by atoms with van der Waals surface area (Å²) in [6, 6.07) is 15.8. The quantitative estimate of drug-likeness (QED) is 0.112. The minimum Gasteiger partial charge on any atom is -0.389 e. The number of rotatable bonds is 13. The highest BCUT2D eigenvalue weighted by Crippen LogP contribution is 2.43. The summed E-state index contributed by atoms with van der Waals surface area (Å²) in [6.45, 7) is 11.8. The fraction of sp³-hybridized carbons (Fsp3) is 0.442. The lowest BCUT2D eigenvalue weighted by molar-refractivity contribution is 0.0794. The normalized spacial score (nSPS) is 16.5. The molecule has 0 unspecified atom stereocenters. The standard InChI is InChI=1S/C43H52N6O3/c1-27-33(10-8-12-37(27)47-41(50)39-20-35(29-14-15-29)31(23-45-39)22-44-26-43(3,4)52)34-11-9-13-38(28(34)2)48-42(51)40-21-36(30-16-17-30)32(24-46-40)25-49-18-6-5-7-19-49/h8-13,20-21,23-24,29-30,44,52H,5-7,14-19,22,25-26H2,1-4H3,(H,47,50)(H,48,51). The van der Waals surface area contributed by atoms with Gasteiger partial charge in [-0.25, -0.2) is 0 Å². The summed E-state index contributed by atoms with van der Waals surface area (Å²) in [5.74, 6) is 0.504. The van der Waals surface area contributed by atoms with Crippen molar-refractivity contribution < 1.29 is 14.7 Å². The Morgan fingerprint density at radius 3 is 1.77 bits per heavy atom.